The maximum atomic E-state index is 5.90. The standard InChI is InChI=1S/C32H38N2O/c1-31(2,3)22-14-24-35-23-13-21-30-25-34(26-33-30)32(27-15-7-4-8-16-27,28-17-9-5-10-18-28)29-19-11-6-12-20-29/h4-12,15-20,25-26H,13-14,21-24H2,1-3H3. The molecule has 0 atom stereocenters. The van der Waals surface area contributed by atoms with Gasteiger partial charge in [-0.3, -0.25) is 0 Å². The summed E-state index contributed by atoms with van der Waals surface area (Å²) in [6.45, 7) is 8.46. The summed E-state index contributed by atoms with van der Waals surface area (Å²) in [6, 6.07) is 32.2. The number of imidazole rings is 1. The van der Waals surface area contributed by atoms with Crippen molar-refractivity contribution in [1.82, 2.24) is 9.55 Å². The van der Waals surface area contributed by atoms with E-state index in [0.29, 0.717) is 5.41 Å². The van der Waals surface area contributed by atoms with E-state index in [1.165, 1.54) is 23.1 Å². The lowest BCUT2D eigenvalue weighted by Gasteiger charge is -2.37. The zero-order chi connectivity index (χ0) is 24.6. The summed E-state index contributed by atoms with van der Waals surface area (Å²) in [5.41, 5.74) is 4.60. The molecule has 0 fully saturated rings. The maximum Gasteiger partial charge on any atom is 0.121 e. The number of rotatable bonds is 11. The van der Waals surface area contributed by atoms with Gasteiger partial charge in [0.25, 0.3) is 0 Å². The van der Waals surface area contributed by atoms with Gasteiger partial charge in [-0.25, -0.2) is 4.98 Å². The molecule has 1 aromatic heterocycles. The number of benzene rings is 3. The molecule has 0 aliphatic heterocycles. The molecule has 0 saturated carbocycles. The van der Waals surface area contributed by atoms with Crippen molar-refractivity contribution in [3.63, 3.8) is 0 Å². The smallest absolute Gasteiger partial charge is 0.121 e. The second-order valence-corrected chi connectivity index (χ2v) is 10.5. The Balaban J connectivity index is 1.58. The van der Waals surface area contributed by atoms with Gasteiger partial charge in [0.1, 0.15) is 5.54 Å². The molecule has 3 heteroatoms. The van der Waals surface area contributed by atoms with E-state index in [1.807, 2.05) is 6.33 Å². The number of aryl methyl sites for hydroxylation is 1. The normalized spacial score (nSPS) is 12.1. The van der Waals surface area contributed by atoms with E-state index in [-0.39, 0.29) is 0 Å². The minimum Gasteiger partial charge on any atom is -0.381 e. The van der Waals surface area contributed by atoms with Gasteiger partial charge in [0.15, 0.2) is 0 Å². The molecule has 4 aromatic rings. The molecule has 3 nitrogen and oxygen atoms in total. The Morgan fingerprint density at radius 3 is 1.66 bits per heavy atom. The second-order valence-electron chi connectivity index (χ2n) is 10.5. The molecule has 0 N–H and O–H groups in total. The molecule has 35 heavy (non-hydrogen) atoms. The lowest BCUT2D eigenvalue weighted by molar-refractivity contribution is 0.120. The number of hydrogen-bond acceptors (Lipinski definition) is 2. The average Bonchev–Trinajstić information content (AvgIpc) is 3.34. The Morgan fingerprint density at radius 1 is 0.686 bits per heavy atom. The van der Waals surface area contributed by atoms with E-state index in [2.05, 4.69) is 123 Å². The van der Waals surface area contributed by atoms with Crippen LogP contribution in [0.15, 0.2) is 104 Å². The number of aromatic nitrogens is 2. The molecule has 4 rings (SSSR count). The van der Waals surface area contributed by atoms with E-state index in [0.717, 1.165) is 38.2 Å². The van der Waals surface area contributed by atoms with E-state index in [1.54, 1.807) is 0 Å². The summed E-state index contributed by atoms with van der Waals surface area (Å²) in [6.07, 6.45) is 8.39. The number of hydrogen-bond donors (Lipinski definition) is 0. The Bertz CT molecular complexity index is 1050. The van der Waals surface area contributed by atoms with Crippen molar-refractivity contribution in [3.05, 3.63) is 126 Å². The zero-order valence-corrected chi connectivity index (χ0v) is 21.4. The van der Waals surface area contributed by atoms with E-state index >= 15 is 0 Å². The number of nitrogens with zero attached hydrogens (tertiary/aromatic N) is 2. The first kappa shape index (κ1) is 24.9. The highest BCUT2D eigenvalue weighted by Crippen LogP contribution is 2.40. The molecule has 0 aliphatic rings. The van der Waals surface area contributed by atoms with Crippen molar-refractivity contribution in [2.75, 3.05) is 13.2 Å². The predicted molar refractivity (Wildman–Crippen MR) is 145 cm³/mol. The van der Waals surface area contributed by atoms with Crippen LogP contribution in [0.5, 0.6) is 0 Å². The van der Waals surface area contributed by atoms with Crippen LogP contribution < -0.4 is 0 Å². The fraction of sp³-hybridized carbons (Fsp3) is 0.344. The van der Waals surface area contributed by atoms with Gasteiger partial charge in [-0.15, -0.1) is 0 Å². The van der Waals surface area contributed by atoms with Crippen molar-refractivity contribution >= 4 is 0 Å². The summed E-state index contributed by atoms with van der Waals surface area (Å²) in [5, 5.41) is 0. The third-order valence-electron chi connectivity index (χ3n) is 6.54. The predicted octanol–water partition coefficient (Wildman–Crippen LogP) is 7.50. The van der Waals surface area contributed by atoms with Gasteiger partial charge in [0, 0.05) is 19.4 Å². The van der Waals surface area contributed by atoms with Gasteiger partial charge >= 0.3 is 0 Å². The highest BCUT2D eigenvalue weighted by Gasteiger charge is 2.38. The van der Waals surface area contributed by atoms with Crippen LogP contribution in [-0.2, 0) is 16.7 Å². The lowest BCUT2D eigenvalue weighted by Crippen LogP contribution is -2.36. The monoisotopic (exact) mass is 466 g/mol. The highest BCUT2D eigenvalue weighted by atomic mass is 16.5. The molecular weight excluding hydrogens is 428 g/mol. The van der Waals surface area contributed by atoms with Crippen LogP contribution in [0.4, 0.5) is 0 Å². The fourth-order valence-electron chi connectivity index (χ4n) is 4.82. The molecule has 182 valence electrons. The Morgan fingerprint density at radius 2 is 1.17 bits per heavy atom. The minimum atomic E-state index is -0.502. The first-order valence-corrected chi connectivity index (χ1v) is 12.8. The van der Waals surface area contributed by atoms with Gasteiger partial charge in [-0.1, -0.05) is 112 Å². The van der Waals surface area contributed by atoms with Crippen molar-refractivity contribution in [2.45, 2.75) is 52.0 Å². The first-order chi connectivity index (χ1) is 17.0. The molecular formula is C32H38N2O. The van der Waals surface area contributed by atoms with Gasteiger partial charge in [0.2, 0.25) is 0 Å². The van der Waals surface area contributed by atoms with Crippen molar-refractivity contribution in [1.29, 1.82) is 0 Å². The van der Waals surface area contributed by atoms with Crippen LogP contribution >= 0.6 is 0 Å². The summed E-state index contributed by atoms with van der Waals surface area (Å²) in [4.78, 5) is 4.83. The Labute approximate surface area is 210 Å². The molecule has 0 unspecified atom stereocenters. The molecule has 0 radical (unpaired) electrons. The maximum absolute atomic E-state index is 5.90. The van der Waals surface area contributed by atoms with Crippen molar-refractivity contribution < 1.29 is 4.74 Å². The molecule has 0 saturated heterocycles. The van der Waals surface area contributed by atoms with Crippen LogP contribution in [0.1, 0.15) is 62.4 Å². The van der Waals surface area contributed by atoms with Crippen molar-refractivity contribution in [3.8, 4) is 0 Å². The van der Waals surface area contributed by atoms with Crippen LogP contribution in [0.3, 0.4) is 0 Å². The van der Waals surface area contributed by atoms with Crippen molar-refractivity contribution in [2.24, 2.45) is 5.41 Å². The molecule has 1 heterocycles. The van der Waals surface area contributed by atoms with E-state index in [4.69, 9.17) is 9.72 Å². The van der Waals surface area contributed by atoms with Gasteiger partial charge in [-0.05, 0) is 47.8 Å². The summed E-state index contributed by atoms with van der Waals surface area (Å²) in [7, 11) is 0. The molecule has 0 amide bonds. The molecule has 3 aromatic carbocycles. The van der Waals surface area contributed by atoms with Gasteiger partial charge in [0.05, 0.1) is 12.0 Å². The van der Waals surface area contributed by atoms with Gasteiger partial charge < -0.3 is 9.30 Å². The Hall–Kier alpha value is -3.17. The molecule has 0 aliphatic carbocycles. The van der Waals surface area contributed by atoms with Crippen LogP contribution in [0.2, 0.25) is 0 Å². The quantitative estimate of drug-likeness (QED) is 0.169. The van der Waals surface area contributed by atoms with Crippen LogP contribution in [0, 0.1) is 5.41 Å². The third kappa shape index (κ3) is 6.10. The minimum absolute atomic E-state index is 0.374. The van der Waals surface area contributed by atoms with E-state index in [9.17, 15) is 0 Å². The van der Waals surface area contributed by atoms with Crippen LogP contribution in [0.25, 0.3) is 0 Å². The Kier molecular flexibility index (Phi) is 8.20. The average molecular weight is 467 g/mol. The second kappa shape index (κ2) is 11.5. The van der Waals surface area contributed by atoms with Gasteiger partial charge in [-0.2, -0.15) is 0 Å². The lowest BCUT2D eigenvalue weighted by atomic mass is 9.77. The van der Waals surface area contributed by atoms with Crippen LogP contribution in [-0.4, -0.2) is 22.8 Å². The highest BCUT2D eigenvalue weighted by molar-refractivity contribution is 5.50. The SMILES string of the molecule is CC(C)(C)CCCOCCCc1cn(C(c2ccccc2)(c2ccccc2)c2ccccc2)cn1. The summed E-state index contributed by atoms with van der Waals surface area (Å²) in [5.74, 6) is 0. The first-order valence-electron chi connectivity index (χ1n) is 12.8. The summed E-state index contributed by atoms with van der Waals surface area (Å²) >= 11 is 0. The zero-order valence-electron chi connectivity index (χ0n) is 21.4. The molecule has 0 spiro atoms. The topological polar surface area (TPSA) is 27.1 Å². The molecule has 0 bridgehead atoms. The largest absolute Gasteiger partial charge is 0.381 e. The fourth-order valence-corrected chi connectivity index (χ4v) is 4.82. The summed E-state index contributed by atoms with van der Waals surface area (Å²) < 4.78 is 8.18. The third-order valence-corrected chi connectivity index (χ3v) is 6.54. The van der Waals surface area contributed by atoms with E-state index < -0.39 is 5.54 Å². The number of ether oxygens (including phenoxy) is 1.